The molecule has 1 N–H and O–H groups in total. The number of hydrogen-bond donors (Lipinski definition) is 1. The van der Waals surface area contributed by atoms with Crippen LogP contribution >= 0.6 is 0 Å². The van der Waals surface area contributed by atoms with Crippen LogP contribution in [0.3, 0.4) is 0 Å². The standard InChI is InChI=1S/C42H30N4/c1-44-35-20-27-12-4-3-11-26(27)19-34(35)43-41-40(44)25-32-17-9-10-18-33(32)42(41)46-38-23-30-15-7-5-13-28(30)21-36(38)45(2)37-22-29-14-6-8-16-31(29)24-39(37)46/h3-25,43H,1-2H3. The van der Waals surface area contributed by atoms with Crippen LogP contribution in [-0.4, -0.2) is 14.1 Å². The zero-order chi connectivity index (χ0) is 30.5. The second kappa shape index (κ2) is 9.26. The largest absolute Gasteiger partial charge is 0.350 e. The summed E-state index contributed by atoms with van der Waals surface area (Å²) >= 11 is 0. The molecule has 0 bridgehead atoms. The Hall–Kier alpha value is -6.00. The van der Waals surface area contributed by atoms with Gasteiger partial charge in [0.05, 0.1) is 51.2 Å². The Kier molecular flexibility index (Phi) is 5.10. The first-order valence-corrected chi connectivity index (χ1v) is 15.8. The highest BCUT2D eigenvalue weighted by Gasteiger charge is 2.34. The molecule has 46 heavy (non-hydrogen) atoms. The smallest absolute Gasteiger partial charge is 0.0877 e. The Balaban J connectivity index is 1.32. The van der Waals surface area contributed by atoms with Crippen molar-refractivity contribution in [2.24, 2.45) is 0 Å². The van der Waals surface area contributed by atoms with Gasteiger partial charge in [0.15, 0.2) is 0 Å². The van der Waals surface area contributed by atoms with Gasteiger partial charge in [0.1, 0.15) is 0 Å². The molecule has 0 radical (unpaired) electrons. The lowest BCUT2D eigenvalue weighted by Gasteiger charge is -2.42. The van der Waals surface area contributed by atoms with Gasteiger partial charge in [0.25, 0.3) is 0 Å². The molecule has 0 spiro atoms. The van der Waals surface area contributed by atoms with Crippen LogP contribution in [0.25, 0.3) is 43.1 Å². The zero-order valence-electron chi connectivity index (χ0n) is 25.6. The summed E-state index contributed by atoms with van der Waals surface area (Å²) in [6, 6.07) is 51.1. The maximum Gasteiger partial charge on any atom is 0.0877 e. The Morgan fingerprint density at radius 2 is 0.783 bits per heavy atom. The molecule has 4 nitrogen and oxygen atoms in total. The molecular weight excluding hydrogens is 560 g/mol. The second-order valence-electron chi connectivity index (χ2n) is 12.5. The lowest BCUT2D eigenvalue weighted by molar-refractivity contribution is 1.13. The number of nitrogens with one attached hydrogen (secondary N) is 1. The SMILES string of the molecule is CN1c2cc3ccccc3cc2N(c2c3c(cc4ccccc24)N(C)c2cc4ccccc4cc2N3)c2cc3ccccc3cc21. The predicted octanol–water partition coefficient (Wildman–Crippen LogP) is 11.7. The molecule has 0 fully saturated rings. The lowest BCUT2D eigenvalue weighted by atomic mass is 9.96. The van der Waals surface area contributed by atoms with Crippen LogP contribution < -0.4 is 20.0 Å². The van der Waals surface area contributed by atoms with Crippen LogP contribution in [0.2, 0.25) is 0 Å². The molecule has 0 atom stereocenters. The van der Waals surface area contributed by atoms with Gasteiger partial charge in [-0.3, -0.25) is 0 Å². The monoisotopic (exact) mass is 590 g/mol. The van der Waals surface area contributed by atoms with Crippen molar-refractivity contribution in [3.63, 3.8) is 0 Å². The van der Waals surface area contributed by atoms with E-state index in [1.807, 2.05) is 0 Å². The first-order chi connectivity index (χ1) is 22.6. The molecule has 218 valence electrons. The molecule has 0 aliphatic carbocycles. The third-order valence-electron chi connectivity index (χ3n) is 9.96. The third kappa shape index (κ3) is 3.50. The van der Waals surface area contributed by atoms with Crippen LogP contribution in [-0.2, 0) is 0 Å². The average Bonchev–Trinajstić information content (AvgIpc) is 3.10. The minimum Gasteiger partial charge on any atom is -0.350 e. The van der Waals surface area contributed by atoms with Crippen LogP contribution in [0.5, 0.6) is 0 Å². The van der Waals surface area contributed by atoms with Gasteiger partial charge in [-0.25, -0.2) is 0 Å². The lowest BCUT2D eigenvalue weighted by Crippen LogP contribution is -2.26. The van der Waals surface area contributed by atoms with Gasteiger partial charge in [-0.1, -0.05) is 97.1 Å². The number of anilines is 9. The quantitative estimate of drug-likeness (QED) is 0.205. The molecule has 2 heterocycles. The number of benzene rings is 8. The third-order valence-corrected chi connectivity index (χ3v) is 9.96. The Morgan fingerprint density at radius 3 is 1.33 bits per heavy atom. The van der Waals surface area contributed by atoms with Crippen molar-refractivity contribution in [3.05, 3.63) is 140 Å². The van der Waals surface area contributed by atoms with Gasteiger partial charge < -0.3 is 20.0 Å². The van der Waals surface area contributed by atoms with Crippen LogP contribution in [0.4, 0.5) is 51.2 Å². The van der Waals surface area contributed by atoms with Gasteiger partial charge in [-0.2, -0.15) is 0 Å². The normalized spacial score (nSPS) is 13.5. The molecule has 10 rings (SSSR count). The summed E-state index contributed by atoms with van der Waals surface area (Å²) in [5.41, 5.74) is 10.4. The van der Waals surface area contributed by atoms with E-state index < -0.39 is 0 Å². The summed E-state index contributed by atoms with van der Waals surface area (Å²) in [5, 5.41) is 13.7. The second-order valence-corrected chi connectivity index (χ2v) is 12.5. The van der Waals surface area contributed by atoms with Crippen LogP contribution in [0.1, 0.15) is 0 Å². The molecule has 0 amide bonds. The van der Waals surface area contributed by atoms with Crippen molar-refractivity contribution in [1.29, 1.82) is 0 Å². The summed E-state index contributed by atoms with van der Waals surface area (Å²) in [4.78, 5) is 7.22. The summed E-state index contributed by atoms with van der Waals surface area (Å²) in [5.74, 6) is 0. The van der Waals surface area contributed by atoms with E-state index in [0.717, 1.165) is 34.1 Å². The summed E-state index contributed by atoms with van der Waals surface area (Å²) in [6.07, 6.45) is 0. The van der Waals surface area contributed by atoms with Gasteiger partial charge >= 0.3 is 0 Å². The topological polar surface area (TPSA) is 21.8 Å². The highest BCUT2D eigenvalue weighted by molar-refractivity contribution is 6.17. The summed E-state index contributed by atoms with van der Waals surface area (Å²) < 4.78 is 0. The van der Waals surface area contributed by atoms with Gasteiger partial charge in [0.2, 0.25) is 0 Å². The van der Waals surface area contributed by atoms with E-state index >= 15 is 0 Å². The predicted molar refractivity (Wildman–Crippen MR) is 197 cm³/mol. The highest BCUT2D eigenvalue weighted by atomic mass is 15.3. The van der Waals surface area contributed by atoms with Crippen LogP contribution in [0.15, 0.2) is 140 Å². The number of nitrogens with zero attached hydrogens (tertiary/aromatic N) is 3. The van der Waals surface area contributed by atoms with Gasteiger partial charge in [0, 0.05) is 19.5 Å². The van der Waals surface area contributed by atoms with Gasteiger partial charge in [-0.15, -0.1) is 0 Å². The molecule has 0 unspecified atom stereocenters. The van der Waals surface area contributed by atoms with E-state index in [1.165, 1.54) is 60.2 Å². The van der Waals surface area contributed by atoms with Crippen molar-refractivity contribution in [2.45, 2.75) is 0 Å². The van der Waals surface area contributed by atoms with Crippen molar-refractivity contribution in [2.75, 3.05) is 34.1 Å². The minimum absolute atomic E-state index is 1.10. The number of hydrogen-bond acceptors (Lipinski definition) is 4. The molecule has 0 aromatic heterocycles. The van der Waals surface area contributed by atoms with Crippen molar-refractivity contribution in [3.8, 4) is 0 Å². The van der Waals surface area contributed by atoms with E-state index in [1.54, 1.807) is 0 Å². The number of fused-ring (bicyclic) bond motifs is 8. The maximum atomic E-state index is 3.97. The van der Waals surface area contributed by atoms with E-state index in [-0.39, 0.29) is 0 Å². The highest BCUT2D eigenvalue weighted by Crippen LogP contribution is 2.59. The van der Waals surface area contributed by atoms with E-state index in [0.29, 0.717) is 0 Å². The molecule has 0 saturated heterocycles. The molecule has 2 aliphatic rings. The maximum absolute atomic E-state index is 3.97. The molecule has 2 aliphatic heterocycles. The molecule has 0 saturated carbocycles. The van der Waals surface area contributed by atoms with Crippen LogP contribution in [0, 0.1) is 0 Å². The van der Waals surface area contributed by atoms with E-state index in [4.69, 9.17) is 0 Å². The molecular formula is C42H30N4. The summed E-state index contributed by atoms with van der Waals surface area (Å²) in [6.45, 7) is 0. The van der Waals surface area contributed by atoms with Gasteiger partial charge in [-0.05, 0) is 80.2 Å². The fourth-order valence-electron chi connectivity index (χ4n) is 7.63. The first-order valence-electron chi connectivity index (χ1n) is 15.8. The Bertz CT molecular complexity index is 2480. The fourth-order valence-corrected chi connectivity index (χ4v) is 7.63. The Labute approximate surface area is 267 Å². The zero-order valence-corrected chi connectivity index (χ0v) is 25.6. The van der Waals surface area contributed by atoms with Crippen molar-refractivity contribution in [1.82, 2.24) is 0 Å². The fraction of sp³-hybridized carbons (Fsp3) is 0.0476. The summed E-state index contributed by atoms with van der Waals surface area (Å²) in [7, 11) is 4.39. The Morgan fingerprint density at radius 1 is 0.391 bits per heavy atom. The van der Waals surface area contributed by atoms with E-state index in [9.17, 15) is 0 Å². The first kappa shape index (κ1) is 25.3. The average molecular weight is 591 g/mol. The number of rotatable bonds is 1. The molecule has 4 heteroatoms. The minimum atomic E-state index is 1.10. The van der Waals surface area contributed by atoms with Crippen molar-refractivity contribution < 1.29 is 0 Å². The van der Waals surface area contributed by atoms with Crippen molar-refractivity contribution >= 4 is 94.3 Å². The molecule has 8 aromatic carbocycles. The van der Waals surface area contributed by atoms with E-state index in [2.05, 4.69) is 174 Å². The molecule has 8 aromatic rings.